The van der Waals surface area contributed by atoms with Gasteiger partial charge in [0.1, 0.15) is 0 Å². The van der Waals surface area contributed by atoms with Gasteiger partial charge in [0.15, 0.2) is 0 Å². The van der Waals surface area contributed by atoms with Crippen LogP contribution in [0.15, 0.2) is 54.6 Å². The number of rotatable bonds is 6. The van der Waals surface area contributed by atoms with Crippen molar-refractivity contribution in [3.8, 4) is 17.2 Å². The summed E-state index contributed by atoms with van der Waals surface area (Å²) in [6, 6.07) is 19.5. The molecule has 0 aromatic heterocycles. The van der Waals surface area contributed by atoms with Gasteiger partial charge in [-0.05, 0) is 0 Å². The van der Waals surface area contributed by atoms with E-state index >= 15 is 0 Å². The Morgan fingerprint density at radius 1 is 0.583 bits per heavy atom. The summed E-state index contributed by atoms with van der Waals surface area (Å²) in [6.45, 7) is 8.74. The van der Waals surface area contributed by atoms with Crippen LogP contribution < -0.4 is 24.0 Å². The Morgan fingerprint density at radius 3 is 0.972 bits per heavy atom. The van der Waals surface area contributed by atoms with E-state index in [1.807, 2.05) is 0 Å². The summed E-state index contributed by atoms with van der Waals surface area (Å²) >= 11 is -2.53. The number of carboxylic acids is 2. The quantitative estimate of drug-likeness (QED) is 0.383. The number of carbonyl (C=O) groups is 2. The van der Waals surface area contributed by atoms with E-state index in [2.05, 4.69) is 75.4 Å². The van der Waals surface area contributed by atoms with Gasteiger partial charge >= 0.3 is 176 Å². The summed E-state index contributed by atoms with van der Waals surface area (Å²) in [5.74, 6) is 1.05. The van der Waals surface area contributed by atoms with Crippen molar-refractivity contribution in [2.45, 2.75) is 34.6 Å². The van der Waals surface area contributed by atoms with Gasteiger partial charge < -0.3 is 10.2 Å². The number of aryl methyl sites for hydroxylation is 3. The van der Waals surface area contributed by atoms with Gasteiger partial charge in [-0.25, -0.2) is 0 Å². The molecule has 2 N–H and O–H groups in total. The maximum absolute atomic E-state index is 9.00. The number of hydrogen-bond donors (Lipinski definition) is 2. The van der Waals surface area contributed by atoms with E-state index < -0.39 is 33.7 Å². The van der Waals surface area contributed by atoms with Gasteiger partial charge in [0.25, 0.3) is 11.9 Å². The molecule has 0 aliphatic carbocycles. The molecule has 0 atom stereocenters. The second kappa shape index (κ2) is 15.1. The number of benzene rings is 3. The van der Waals surface area contributed by atoms with E-state index in [4.69, 9.17) is 34.0 Å². The molecule has 0 fully saturated rings. The van der Waals surface area contributed by atoms with Gasteiger partial charge in [-0.2, -0.15) is 0 Å². The first-order valence-electron chi connectivity index (χ1n) is 11.1. The molecule has 194 valence electrons. The number of ether oxygens (including phenoxy) is 3. The Labute approximate surface area is 221 Å². The first kappa shape index (κ1) is 30.9. The molecule has 3 aromatic rings. The van der Waals surface area contributed by atoms with Crippen LogP contribution in [0.25, 0.3) is 0 Å². The van der Waals surface area contributed by atoms with E-state index in [1.165, 1.54) is 26.5 Å². The van der Waals surface area contributed by atoms with Crippen LogP contribution in [-0.4, -0.2) is 65.2 Å². The number of methoxy groups -OCH3 is 3. The summed E-state index contributed by atoms with van der Waals surface area (Å²) < 4.78 is 20.7. The Kier molecular flexibility index (Phi) is 13.0. The van der Waals surface area contributed by atoms with Crippen molar-refractivity contribution in [3.05, 3.63) is 71.3 Å². The first-order chi connectivity index (χ1) is 16.9. The van der Waals surface area contributed by atoms with Crippen molar-refractivity contribution >= 4 is 43.5 Å². The molecule has 0 saturated heterocycles. The van der Waals surface area contributed by atoms with Crippen LogP contribution in [0.3, 0.4) is 0 Å². The minimum absolute atomic E-state index is 0.833. The van der Waals surface area contributed by atoms with E-state index in [0.717, 1.165) is 31.1 Å². The van der Waals surface area contributed by atoms with Gasteiger partial charge in [0, 0.05) is 13.8 Å². The fraction of sp³-hybridized carbons (Fsp3) is 0.286. The molecule has 0 aliphatic rings. The van der Waals surface area contributed by atoms with Crippen molar-refractivity contribution in [3.63, 3.8) is 0 Å². The van der Waals surface area contributed by atoms with Crippen LogP contribution in [0.2, 0.25) is 0 Å². The van der Waals surface area contributed by atoms with Crippen LogP contribution in [0, 0.1) is 20.8 Å². The third-order valence-electron chi connectivity index (χ3n) is 4.93. The minimum atomic E-state index is -2.53. The SMILES string of the molecule is CC(=O)O.CC(=O)O.COc1cc[c]([Bi]([c]2ccc(OC)cc2C)[c]2ccc(OC)cc2C)c(C)c1. The van der Waals surface area contributed by atoms with E-state index in [-0.39, 0.29) is 0 Å². The Balaban J connectivity index is 0.000000709. The van der Waals surface area contributed by atoms with Gasteiger partial charge in [-0.15, -0.1) is 0 Å². The summed E-state index contributed by atoms with van der Waals surface area (Å²) in [6.07, 6.45) is 0. The fourth-order valence-electron chi connectivity index (χ4n) is 3.41. The summed E-state index contributed by atoms with van der Waals surface area (Å²) in [4.78, 5) is 18.0. The second-order valence-electron chi connectivity index (χ2n) is 7.83. The zero-order valence-electron chi connectivity index (χ0n) is 22.1. The molecule has 3 aromatic carbocycles. The molecule has 0 radical (unpaired) electrons. The van der Waals surface area contributed by atoms with Gasteiger partial charge in [0.05, 0.1) is 0 Å². The van der Waals surface area contributed by atoms with E-state index in [0.29, 0.717) is 0 Å². The van der Waals surface area contributed by atoms with Crippen LogP contribution in [0.4, 0.5) is 0 Å². The number of aliphatic carboxylic acids is 2. The molecule has 0 bridgehead atoms. The Bertz CT molecular complexity index is 1030. The Hall–Kier alpha value is -3.12. The molecule has 36 heavy (non-hydrogen) atoms. The predicted molar refractivity (Wildman–Crippen MR) is 144 cm³/mol. The van der Waals surface area contributed by atoms with Crippen LogP contribution in [0.5, 0.6) is 17.2 Å². The zero-order chi connectivity index (χ0) is 27.4. The van der Waals surface area contributed by atoms with Gasteiger partial charge in [0.2, 0.25) is 0 Å². The topological polar surface area (TPSA) is 102 Å². The molecule has 0 saturated carbocycles. The zero-order valence-corrected chi connectivity index (χ0v) is 25.6. The molecule has 0 unspecified atom stereocenters. The molecule has 3 rings (SSSR count). The van der Waals surface area contributed by atoms with Crippen LogP contribution in [0.1, 0.15) is 30.5 Å². The van der Waals surface area contributed by atoms with E-state index in [9.17, 15) is 0 Å². The molecule has 0 spiro atoms. The number of hydrogen-bond acceptors (Lipinski definition) is 5. The average molecular weight is 693 g/mol. The maximum atomic E-state index is 9.00. The molecule has 8 heteroatoms. The third-order valence-corrected chi connectivity index (χ3v) is 16.4. The second-order valence-corrected chi connectivity index (χ2v) is 16.1. The van der Waals surface area contributed by atoms with Crippen molar-refractivity contribution < 1.29 is 34.0 Å². The fourth-order valence-corrected chi connectivity index (χ4v) is 13.9. The van der Waals surface area contributed by atoms with Gasteiger partial charge in [-0.1, -0.05) is 0 Å². The van der Waals surface area contributed by atoms with Crippen molar-refractivity contribution in [2.24, 2.45) is 0 Å². The van der Waals surface area contributed by atoms with Crippen molar-refractivity contribution in [2.75, 3.05) is 21.3 Å². The standard InChI is InChI=1S/3C8H9O.2C2H4O2.Bi/c3*1-7-4-3-5-8(6-7)9-2;2*1-2(3)4;/h3*3,5-6H,1-2H3;2*1H3,(H,3,4);. The molecule has 0 aliphatic heterocycles. The normalized spacial score (nSPS) is 9.81. The summed E-state index contributed by atoms with van der Waals surface area (Å²) in [5, 5.41) is 14.8. The third kappa shape index (κ3) is 9.50. The molecule has 7 nitrogen and oxygen atoms in total. The van der Waals surface area contributed by atoms with E-state index in [1.54, 1.807) is 21.3 Å². The first-order valence-corrected chi connectivity index (χ1v) is 16.3. The Morgan fingerprint density at radius 2 is 0.806 bits per heavy atom. The number of carboxylic acid groups (broad SMARTS) is 2. The van der Waals surface area contributed by atoms with Crippen molar-refractivity contribution in [1.29, 1.82) is 0 Å². The molecule has 0 heterocycles. The van der Waals surface area contributed by atoms with Crippen molar-refractivity contribution in [1.82, 2.24) is 0 Å². The van der Waals surface area contributed by atoms with Gasteiger partial charge in [-0.3, -0.25) is 9.59 Å². The molecular formula is C28H35BiO7. The van der Waals surface area contributed by atoms with Crippen LogP contribution >= 0.6 is 0 Å². The summed E-state index contributed by atoms with van der Waals surface area (Å²) in [7, 11) is 5.15. The van der Waals surface area contributed by atoms with Crippen LogP contribution in [-0.2, 0) is 9.59 Å². The molecular weight excluding hydrogens is 657 g/mol. The molecule has 0 amide bonds. The summed E-state index contributed by atoms with van der Waals surface area (Å²) in [5.41, 5.74) is 3.88. The average Bonchev–Trinajstić information content (AvgIpc) is 2.81. The monoisotopic (exact) mass is 692 g/mol. The predicted octanol–water partition coefficient (Wildman–Crippen LogP) is 3.34.